The summed E-state index contributed by atoms with van der Waals surface area (Å²) in [6.45, 7) is 5.25. The second-order valence-electron chi connectivity index (χ2n) is 4.73. The fourth-order valence-corrected chi connectivity index (χ4v) is 3.88. The predicted molar refractivity (Wildman–Crippen MR) is 95.1 cm³/mol. The molecule has 0 bridgehead atoms. The van der Waals surface area contributed by atoms with Gasteiger partial charge in [0.15, 0.2) is 6.04 Å². The highest BCUT2D eigenvalue weighted by Gasteiger charge is 2.24. The van der Waals surface area contributed by atoms with Crippen molar-refractivity contribution < 1.29 is 19.4 Å². The molecule has 6 nitrogen and oxygen atoms in total. The molecule has 0 radical (unpaired) electrons. The monoisotopic (exact) mass is 386 g/mol. The number of aryl methyl sites for hydroxylation is 1. The molecule has 1 unspecified atom stereocenters. The number of carbonyl (C=O) groups is 2. The van der Waals surface area contributed by atoms with Crippen molar-refractivity contribution in [3.8, 4) is 9.88 Å². The summed E-state index contributed by atoms with van der Waals surface area (Å²) in [7, 11) is 0. The summed E-state index contributed by atoms with van der Waals surface area (Å²) in [6, 6.07) is 2.45. The van der Waals surface area contributed by atoms with Gasteiger partial charge in [-0.2, -0.15) is 0 Å². The number of thiazole rings is 1. The van der Waals surface area contributed by atoms with Crippen LogP contribution in [-0.4, -0.2) is 41.2 Å². The average molecular weight is 387 g/mol. The van der Waals surface area contributed by atoms with Gasteiger partial charge in [0.1, 0.15) is 9.88 Å². The predicted octanol–water partition coefficient (Wildman–Crippen LogP) is 3.22. The van der Waals surface area contributed by atoms with Gasteiger partial charge in [-0.3, -0.25) is 4.79 Å². The maximum atomic E-state index is 12.4. The molecule has 1 amide bonds. The minimum atomic E-state index is -1.17. The third-order valence-corrected chi connectivity index (χ3v) is 5.47. The minimum Gasteiger partial charge on any atom is -0.480 e. The van der Waals surface area contributed by atoms with Crippen molar-refractivity contribution in [1.82, 2.24) is 10.3 Å². The molecule has 2 rings (SSSR count). The van der Waals surface area contributed by atoms with Crippen LogP contribution in [0.15, 0.2) is 24.8 Å². The number of aliphatic carboxylic acids is 1. The van der Waals surface area contributed by atoms with Crippen LogP contribution in [0, 0.1) is 6.92 Å². The Hall–Kier alpha value is -1.74. The normalized spacial score (nSPS) is 11.9. The minimum absolute atomic E-state index is 0.141. The lowest BCUT2D eigenvalue weighted by atomic mass is 10.3. The highest BCUT2D eigenvalue weighted by Crippen LogP contribution is 2.34. The number of ether oxygens (including phenoxy) is 1. The number of nitrogens with one attached hydrogen (secondary N) is 1. The molecule has 0 aliphatic rings. The number of carboxylic acid groups (broad SMARTS) is 1. The lowest BCUT2D eigenvalue weighted by Gasteiger charge is -2.13. The smallest absolute Gasteiger partial charge is 0.328 e. The van der Waals surface area contributed by atoms with Crippen molar-refractivity contribution >= 4 is 46.2 Å². The third kappa shape index (κ3) is 4.64. The van der Waals surface area contributed by atoms with Crippen LogP contribution in [0.25, 0.3) is 9.88 Å². The number of hydrogen-bond donors (Lipinski definition) is 2. The Morgan fingerprint density at radius 1 is 1.50 bits per heavy atom. The first-order valence-electron chi connectivity index (χ1n) is 6.87. The molecule has 0 aliphatic carbocycles. The van der Waals surface area contributed by atoms with Crippen LogP contribution in [0.2, 0.25) is 4.34 Å². The Kier molecular flexibility index (Phi) is 6.50. The van der Waals surface area contributed by atoms with E-state index in [2.05, 4.69) is 16.9 Å². The van der Waals surface area contributed by atoms with Gasteiger partial charge in [0.05, 0.1) is 28.1 Å². The summed E-state index contributed by atoms with van der Waals surface area (Å²) < 4.78 is 5.75. The van der Waals surface area contributed by atoms with E-state index in [0.29, 0.717) is 19.9 Å². The molecule has 0 spiro atoms. The van der Waals surface area contributed by atoms with E-state index in [-0.39, 0.29) is 13.2 Å². The topological polar surface area (TPSA) is 88.5 Å². The highest BCUT2D eigenvalue weighted by molar-refractivity contribution is 7.24. The molecule has 2 N–H and O–H groups in total. The zero-order chi connectivity index (χ0) is 17.7. The Bertz CT molecular complexity index is 756. The summed E-state index contributed by atoms with van der Waals surface area (Å²) in [5.74, 6) is -1.66. The summed E-state index contributed by atoms with van der Waals surface area (Å²) in [4.78, 5) is 29.2. The standard InChI is InChI=1S/C15H15ClN2O4S2/c1-3-6-22-7-9(15(20)21)18-13(19)12-8(2)17-14(24-12)10-4-5-11(16)23-10/h3-5,9H,1,6-7H2,2H3,(H,18,19)(H,20,21). The maximum Gasteiger partial charge on any atom is 0.328 e. The van der Waals surface area contributed by atoms with Gasteiger partial charge in [0.25, 0.3) is 5.91 Å². The molecule has 2 aromatic rings. The van der Waals surface area contributed by atoms with Crippen molar-refractivity contribution in [1.29, 1.82) is 0 Å². The fraction of sp³-hybridized carbons (Fsp3) is 0.267. The van der Waals surface area contributed by atoms with Crippen molar-refractivity contribution in [3.63, 3.8) is 0 Å². The molecule has 24 heavy (non-hydrogen) atoms. The van der Waals surface area contributed by atoms with Crippen molar-refractivity contribution in [2.75, 3.05) is 13.2 Å². The van der Waals surface area contributed by atoms with E-state index in [4.69, 9.17) is 16.3 Å². The maximum absolute atomic E-state index is 12.4. The zero-order valence-electron chi connectivity index (χ0n) is 12.7. The molecule has 0 aromatic carbocycles. The zero-order valence-corrected chi connectivity index (χ0v) is 15.1. The molecule has 1 atom stereocenters. The average Bonchev–Trinajstić information content (AvgIpc) is 3.12. The molecule has 0 saturated heterocycles. The van der Waals surface area contributed by atoms with Crippen molar-refractivity contribution in [3.05, 3.63) is 39.7 Å². The Balaban J connectivity index is 2.12. The van der Waals surface area contributed by atoms with E-state index in [1.165, 1.54) is 28.7 Å². The van der Waals surface area contributed by atoms with E-state index in [0.717, 1.165) is 4.88 Å². The summed E-state index contributed by atoms with van der Waals surface area (Å²) in [5, 5.41) is 12.3. The molecule has 128 valence electrons. The van der Waals surface area contributed by atoms with E-state index >= 15 is 0 Å². The van der Waals surface area contributed by atoms with E-state index in [1.54, 1.807) is 13.0 Å². The first kappa shape index (κ1) is 18.6. The Morgan fingerprint density at radius 2 is 2.25 bits per heavy atom. The second kappa shape index (κ2) is 8.39. The summed E-state index contributed by atoms with van der Waals surface area (Å²) >= 11 is 8.47. The lowest BCUT2D eigenvalue weighted by Crippen LogP contribution is -2.44. The van der Waals surface area contributed by atoms with Crippen molar-refractivity contribution in [2.45, 2.75) is 13.0 Å². The number of hydrogen-bond acceptors (Lipinski definition) is 6. The summed E-state index contributed by atoms with van der Waals surface area (Å²) in [5.41, 5.74) is 0.535. The van der Waals surface area contributed by atoms with Gasteiger partial charge in [-0.15, -0.1) is 29.3 Å². The van der Waals surface area contributed by atoms with Gasteiger partial charge in [-0.05, 0) is 19.1 Å². The van der Waals surface area contributed by atoms with Crippen LogP contribution in [-0.2, 0) is 9.53 Å². The van der Waals surface area contributed by atoms with Gasteiger partial charge in [-0.25, -0.2) is 9.78 Å². The number of thiophene rings is 1. The number of aromatic nitrogens is 1. The van der Waals surface area contributed by atoms with E-state index in [1.807, 2.05) is 6.07 Å². The molecule has 2 aromatic heterocycles. The van der Waals surface area contributed by atoms with Gasteiger partial charge in [-0.1, -0.05) is 17.7 Å². The van der Waals surface area contributed by atoms with E-state index in [9.17, 15) is 14.7 Å². The summed E-state index contributed by atoms with van der Waals surface area (Å²) in [6.07, 6.45) is 1.51. The first-order chi connectivity index (χ1) is 11.4. The molecule has 0 aliphatic heterocycles. The van der Waals surface area contributed by atoms with Crippen LogP contribution >= 0.6 is 34.3 Å². The van der Waals surface area contributed by atoms with Crippen molar-refractivity contribution in [2.24, 2.45) is 0 Å². The van der Waals surface area contributed by atoms with Crippen LogP contribution < -0.4 is 5.32 Å². The molecular formula is C15H15ClN2O4S2. The third-order valence-electron chi connectivity index (χ3n) is 2.91. The first-order valence-corrected chi connectivity index (χ1v) is 8.89. The fourth-order valence-electron chi connectivity index (χ4n) is 1.81. The van der Waals surface area contributed by atoms with Gasteiger partial charge in [0.2, 0.25) is 0 Å². The van der Waals surface area contributed by atoms with Crippen LogP contribution in [0.1, 0.15) is 15.4 Å². The van der Waals surface area contributed by atoms with Gasteiger partial charge < -0.3 is 15.2 Å². The lowest BCUT2D eigenvalue weighted by molar-refractivity contribution is -0.140. The molecule has 0 saturated carbocycles. The van der Waals surface area contributed by atoms with Gasteiger partial charge in [0, 0.05) is 0 Å². The number of carboxylic acids is 1. The quantitative estimate of drug-likeness (QED) is 0.537. The number of carbonyl (C=O) groups excluding carboxylic acids is 1. The number of halogens is 1. The SMILES string of the molecule is C=CCOCC(NC(=O)c1sc(-c2ccc(Cl)s2)nc1C)C(=O)O. The molecule has 2 heterocycles. The van der Waals surface area contributed by atoms with Crippen LogP contribution in [0.3, 0.4) is 0 Å². The van der Waals surface area contributed by atoms with Crippen LogP contribution in [0.5, 0.6) is 0 Å². The number of nitrogens with zero attached hydrogens (tertiary/aromatic N) is 1. The van der Waals surface area contributed by atoms with E-state index < -0.39 is 17.9 Å². The Morgan fingerprint density at radius 3 is 2.83 bits per heavy atom. The number of rotatable bonds is 8. The molecule has 9 heteroatoms. The largest absolute Gasteiger partial charge is 0.480 e. The molecular weight excluding hydrogens is 372 g/mol. The second-order valence-corrected chi connectivity index (χ2v) is 7.44. The molecule has 0 fully saturated rings. The van der Waals surface area contributed by atoms with Crippen LogP contribution in [0.4, 0.5) is 0 Å². The number of amides is 1. The highest BCUT2D eigenvalue weighted by atomic mass is 35.5. The van der Waals surface area contributed by atoms with Gasteiger partial charge >= 0.3 is 5.97 Å². The Labute approximate surface area is 151 Å².